The highest BCUT2D eigenvalue weighted by Gasteiger charge is 2.29. The molecule has 4 rings (SSSR count). The molecule has 0 radical (unpaired) electrons. The maximum atomic E-state index is 15.8. The summed E-state index contributed by atoms with van der Waals surface area (Å²) >= 11 is 0. The molecule has 8 nitrogen and oxygen atoms in total. The van der Waals surface area contributed by atoms with E-state index in [-0.39, 0.29) is 11.9 Å². The number of allylic oxidation sites excluding steroid dienone is 1. The van der Waals surface area contributed by atoms with E-state index in [1.54, 1.807) is 0 Å². The van der Waals surface area contributed by atoms with Gasteiger partial charge in [0, 0.05) is 37.0 Å². The molecule has 0 spiro atoms. The van der Waals surface area contributed by atoms with Crippen LogP contribution in [0.4, 0.5) is 26.5 Å². The third kappa shape index (κ3) is 5.40. The molecule has 2 aromatic heterocycles. The minimum Gasteiger partial charge on any atom is -0.491 e. The van der Waals surface area contributed by atoms with Crippen molar-refractivity contribution in [2.24, 2.45) is 0 Å². The number of nitrogens with one attached hydrogen (secondary N) is 3. The van der Waals surface area contributed by atoms with E-state index in [2.05, 4.69) is 25.9 Å². The van der Waals surface area contributed by atoms with Gasteiger partial charge in [-0.3, -0.25) is 0 Å². The summed E-state index contributed by atoms with van der Waals surface area (Å²) in [7, 11) is 1.82. The summed E-state index contributed by atoms with van der Waals surface area (Å²) in [5, 5.41) is 9.05. The molecule has 0 saturated carbocycles. The van der Waals surface area contributed by atoms with Crippen molar-refractivity contribution in [2.45, 2.75) is 65.0 Å². The summed E-state index contributed by atoms with van der Waals surface area (Å²) in [6.07, 6.45) is 4.01. The van der Waals surface area contributed by atoms with Crippen molar-refractivity contribution in [3.8, 4) is 5.75 Å². The molecule has 3 N–H and O–H groups in total. The Kier molecular flexibility index (Phi) is 6.63. The fraction of sp³-hybridized carbons (Fsp3) is 0.480. The Morgan fingerprint density at radius 2 is 2.03 bits per heavy atom. The van der Waals surface area contributed by atoms with Crippen molar-refractivity contribution in [2.75, 3.05) is 24.3 Å². The Labute approximate surface area is 199 Å². The van der Waals surface area contributed by atoms with Crippen LogP contribution in [0, 0.1) is 12.7 Å². The highest BCUT2D eigenvalue weighted by atomic mass is 19.1. The van der Waals surface area contributed by atoms with Crippen LogP contribution >= 0.6 is 0 Å². The van der Waals surface area contributed by atoms with Crippen LogP contribution < -0.4 is 20.7 Å². The number of hydrogen-bond donors (Lipinski definition) is 3. The van der Waals surface area contributed by atoms with Crippen LogP contribution in [-0.2, 0) is 11.2 Å². The fourth-order valence-electron chi connectivity index (χ4n) is 4.21. The van der Waals surface area contributed by atoms with Gasteiger partial charge in [0.15, 0.2) is 17.4 Å². The molecule has 0 fully saturated rings. The molecule has 1 aliphatic carbocycles. The van der Waals surface area contributed by atoms with Crippen molar-refractivity contribution >= 4 is 29.0 Å². The zero-order chi connectivity index (χ0) is 24.5. The van der Waals surface area contributed by atoms with E-state index in [9.17, 15) is 4.79 Å². The van der Waals surface area contributed by atoms with Crippen LogP contribution in [0.2, 0.25) is 0 Å². The lowest BCUT2D eigenvalue weighted by Crippen LogP contribution is -2.39. The topological polar surface area (TPSA) is 97.4 Å². The molecule has 0 bridgehead atoms. The number of hydrogen-bond acceptors (Lipinski definition) is 7. The van der Waals surface area contributed by atoms with E-state index >= 15 is 4.39 Å². The van der Waals surface area contributed by atoms with Crippen LogP contribution in [0.25, 0.3) is 5.57 Å². The molecule has 1 amide bonds. The molecule has 0 aromatic carbocycles. The Morgan fingerprint density at radius 1 is 1.24 bits per heavy atom. The second-order valence-corrected chi connectivity index (χ2v) is 9.63. The second kappa shape index (κ2) is 9.48. The van der Waals surface area contributed by atoms with E-state index < -0.39 is 17.5 Å². The molecule has 2 aromatic rings. The van der Waals surface area contributed by atoms with E-state index in [0.29, 0.717) is 49.4 Å². The lowest BCUT2D eigenvalue weighted by molar-refractivity contribution is 0.0502. The Morgan fingerprint density at radius 3 is 2.71 bits per heavy atom. The third-order valence-corrected chi connectivity index (χ3v) is 5.69. The molecule has 34 heavy (non-hydrogen) atoms. The Bertz CT molecular complexity index is 1130. The number of carbonyl (C=O) groups excluding carboxylic acids is 1. The number of fused-ring (bicyclic) bond motifs is 1. The van der Waals surface area contributed by atoms with Gasteiger partial charge < -0.3 is 25.4 Å². The highest BCUT2D eigenvalue weighted by molar-refractivity contribution is 5.77. The first-order chi connectivity index (χ1) is 16.1. The van der Waals surface area contributed by atoms with Crippen LogP contribution in [0.3, 0.4) is 0 Å². The van der Waals surface area contributed by atoms with Crippen LogP contribution in [-0.4, -0.2) is 41.4 Å². The van der Waals surface area contributed by atoms with Crippen molar-refractivity contribution in [3.05, 3.63) is 41.0 Å². The lowest BCUT2D eigenvalue weighted by atomic mass is 9.90. The summed E-state index contributed by atoms with van der Waals surface area (Å²) in [4.78, 5) is 21.1. The van der Waals surface area contributed by atoms with E-state index in [0.717, 1.165) is 22.6 Å². The highest BCUT2D eigenvalue weighted by Crippen LogP contribution is 2.41. The Hall–Kier alpha value is -3.36. The average molecular weight is 470 g/mol. The number of ether oxygens (including phenoxy) is 2. The van der Waals surface area contributed by atoms with Gasteiger partial charge in [-0.15, -0.1) is 0 Å². The largest absolute Gasteiger partial charge is 0.491 e. The summed E-state index contributed by atoms with van der Waals surface area (Å²) in [5.41, 5.74) is 3.16. The predicted octanol–water partition coefficient (Wildman–Crippen LogP) is 5.10. The van der Waals surface area contributed by atoms with Gasteiger partial charge in [0.25, 0.3) is 0 Å². The van der Waals surface area contributed by atoms with E-state index in [1.165, 1.54) is 0 Å². The van der Waals surface area contributed by atoms with E-state index in [4.69, 9.17) is 9.47 Å². The summed E-state index contributed by atoms with van der Waals surface area (Å²) < 4.78 is 26.9. The normalized spacial score (nSPS) is 17.4. The molecule has 0 saturated heterocycles. The van der Waals surface area contributed by atoms with Crippen LogP contribution in [0.15, 0.2) is 18.2 Å². The summed E-state index contributed by atoms with van der Waals surface area (Å²) in [5.74, 6) is 0.704. The van der Waals surface area contributed by atoms with Gasteiger partial charge in [-0.1, -0.05) is 6.08 Å². The molecule has 9 heteroatoms. The number of aryl methyl sites for hydroxylation is 1. The van der Waals surface area contributed by atoms with Crippen molar-refractivity contribution in [3.63, 3.8) is 0 Å². The number of aromatic nitrogens is 2. The number of amides is 1. The average Bonchev–Trinajstić information content (AvgIpc) is 3.21. The maximum absolute atomic E-state index is 15.8. The van der Waals surface area contributed by atoms with Gasteiger partial charge in [0.2, 0.25) is 0 Å². The van der Waals surface area contributed by atoms with Crippen LogP contribution in [0.1, 0.15) is 57.0 Å². The minimum absolute atomic E-state index is 0.0634. The number of alkyl carbamates (subject to hydrolysis) is 1. The van der Waals surface area contributed by atoms with Crippen LogP contribution in [0.5, 0.6) is 5.75 Å². The van der Waals surface area contributed by atoms with Crippen molar-refractivity contribution in [1.29, 1.82) is 0 Å². The van der Waals surface area contributed by atoms with Crippen molar-refractivity contribution < 1.29 is 18.7 Å². The number of anilines is 3. The number of rotatable bonds is 5. The molecular weight excluding hydrogens is 437 g/mol. The summed E-state index contributed by atoms with van der Waals surface area (Å²) in [6.45, 7) is 7.84. The minimum atomic E-state index is -0.554. The van der Waals surface area contributed by atoms with Gasteiger partial charge in [-0.2, -0.15) is 0 Å². The first-order valence-electron chi connectivity index (χ1n) is 11.6. The van der Waals surface area contributed by atoms with E-state index in [1.807, 2.05) is 53.0 Å². The molecule has 1 atom stereocenters. The maximum Gasteiger partial charge on any atom is 0.407 e. The smallest absolute Gasteiger partial charge is 0.407 e. The number of carbonyl (C=O) groups is 1. The predicted molar refractivity (Wildman–Crippen MR) is 130 cm³/mol. The van der Waals surface area contributed by atoms with Gasteiger partial charge in [-0.25, -0.2) is 19.2 Å². The van der Waals surface area contributed by atoms with Gasteiger partial charge in [0.1, 0.15) is 11.4 Å². The monoisotopic (exact) mass is 469 g/mol. The molecule has 2 aliphatic rings. The lowest BCUT2D eigenvalue weighted by Gasteiger charge is -2.26. The Balaban J connectivity index is 1.58. The standard InChI is InChI=1S/C25H32FN5O3/c1-14-12-17(27-5)13-19(28-14)31-23-21(26)20(22-18(30-23)10-11-33-22)15-6-8-16(9-7-15)29-24(32)34-25(2,3)4/h6,12-13,16H,7-11H2,1-5H3,(H,29,32)(H2,27,28,30,31)/t16-/m0/s1. The zero-order valence-corrected chi connectivity index (χ0v) is 20.3. The van der Waals surface area contributed by atoms with Gasteiger partial charge in [0.05, 0.1) is 17.9 Å². The van der Waals surface area contributed by atoms with Crippen molar-refractivity contribution in [1.82, 2.24) is 15.3 Å². The molecule has 182 valence electrons. The second-order valence-electron chi connectivity index (χ2n) is 9.63. The zero-order valence-electron chi connectivity index (χ0n) is 20.3. The number of halogens is 1. The molecular formula is C25H32FN5O3. The fourth-order valence-corrected chi connectivity index (χ4v) is 4.21. The number of nitrogens with zero attached hydrogens (tertiary/aromatic N) is 2. The molecule has 1 aliphatic heterocycles. The summed E-state index contributed by atoms with van der Waals surface area (Å²) in [6, 6.07) is 3.65. The molecule has 0 unspecified atom stereocenters. The first-order valence-corrected chi connectivity index (χ1v) is 11.6. The SMILES string of the molecule is CNc1cc(C)nc(Nc2nc3c(c(C4=CC[C@H](NC(=O)OC(C)(C)C)CC4)c2F)OCC3)c1. The number of pyridine rings is 2. The molecule has 3 heterocycles. The first kappa shape index (κ1) is 23.8. The quantitative estimate of drug-likeness (QED) is 0.560. The van der Waals surface area contributed by atoms with Gasteiger partial charge in [-0.05, 0) is 58.6 Å². The van der Waals surface area contributed by atoms with Gasteiger partial charge >= 0.3 is 6.09 Å². The third-order valence-electron chi connectivity index (χ3n) is 5.69.